The van der Waals surface area contributed by atoms with Crippen LogP contribution in [0.25, 0.3) is 5.82 Å². The van der Waals surface area contributed by atoms with Crippen molar-refractivity contribution in [1.29, 1.82) is 0 Å². The summed E-state index contributed by atoms with van der Waals surface area (Å²) in [6.45, 7) is 6.28. The van der Waals surface area contributed by atoms with Crippen molar-refractivity contribution in [2.75, 3.05) is 17.2 Å². The minimum absolute atomic E-state index is 0.114. The molecular formula is C18H21N7O. The number of anilines is 2. The molecule has 0 saturated heterocycles. The molecule has 3 rings (SSSR count). The fourth-order valence-electron chi connectivity index (χ4n) is 2.45. The molecule has 0 aliphatic carbocycles. The van der Waals surface area contributed by atoms with E-state index < -0.39 is 0 Å². The number of nitrogens with one attached hydrogen (secondary N) is 2. The highest BCUT2D eigenvalue weighted by atomic mass is 16.1. The molecule has 26 heavy (non-hydrogen) atoms. The summed E-state index contributed by atoms with van der Waals surface area (Å²) in [6, 6.07) is 5.66. The van der Waals surface area contributed by atoms with Crippen molar-refractivity contribution in [3.05, 3.63) is 53.7 Å². The first-order chi connectivity index (χ1) is 12.5. The van der Waals surface area contributed by atoms with Gasteiger partial charge in [0.2, 0.25) is 5.91 Å². The summed E-state index contributed by atoms with van der Waals surface area (Å²) < 4.78 is 1.74. The van der Waals surface area contributed by atoms with Gasteiger partial charge in [0.05, 0.1) is 18.1 Å². The zero-order chi connectivity index (χ0) is 18.5. The molecule has 8 heteroatoms. The fraction of sp³-hybridized carbons (Fsp3) is 0.278. The van der Waals surface area contributed by atoms with Crippen molar-refractivity contribution < 1.29 is 4.79 Å². The van der Waals surface area contributed by atoms with Gasteiger partial charge in [-0.1, -0.05) is 6.07 Å². The molecule has 0 fully saturated rings. The van der Waals surface area contributed by atoms with Crippen LogP contribution < -0.4 is 10.6 Å². The Labute approximate surface area is 151 Å². The second-order valence-corrected chi connectivity index (χ2v) is 6.05. The first kappa shape index (κ1) is 17.5. The molecule has 0 atom stereocenters. The molecule has 134 valence electrons. The fourth-order valence-corrected chi connectivity index (χ4v) is 2.45. The summed E-state index contributed by atoms with van der Waals surface area (Å²) in [6.07, 6.45) is 5.28. The van der Waals surface area contributed by atoms with Gasteiger partial charge in [0.15, 0.2) is 5.82 Å². The second-order valence-electron chi connectivity index (χ2n) is 6.05. The summed E-state index contributed by atoms with van der Waals surface area (Å²) in [5.41, 5.74) is 2.95. The Morgan fingerprint density at radius 3 is 2.65 bits per heavy atom. The van der Waals surface area contributed by atoms with Gasteiger partial charge >= 0.3 is 0 Å². The highest BCUT2D eigenvalue weighted by Crippen LogP contribution is 2.11. The largest absolute Gasteiger partial charge is 0.368 e. The Balaban J connectivity index is 1.55. The minimum atomic E-state index is -0.114. The average molecular weight is 351 g/mol. The van der Waals surface area contributed by atoms with E-state index >= 15 is 0 Å². The predicted octanol–water partition coefficient (Wildman–Crippen LogP) is 2.42. The van der Waals surface area contributed by atoms with E-state index in [1.54, 1.807) is 29.3 Å². The molecule has 0 radical (unpaired) electrons. The Morgan fingerprint density at radius 2 is 1.96 bits per heavy atom. The number of hydrogen-bond donors (Lipinski definition) is 2. The lowest BCUT2D eigenvalue weighted by Crippen LogP contribution is -2.17. The monoisotopic (exact) mass is 351 g/mol. The Morgan fingerprint density at radius 1 is 1.12 bits per heavy atom. The van der Waals surface area contributed by atoms with Gasteiger partial charge in [0.1, 0.15) is 11.6 Å². The smallest absolute Gasteiger partial charge is 0.227 e. The van der Waals surface area contributed by atoms with E-state index in [9.17, 15) is 4.79 Å². The number of rotatable bonds is 6. The van der Waals surface area contributed by atoms with Gasteiger partial charge in [0.25, 0.3) is 0 Å². The van der Waals surface area contributed by atoms with Crippen LogP contribution in [-0.2, 0) is 4.79 Å². The molecule has 0 aliphatic rings. The maximum absolute atomic E-state index is 12.0. The number of carbonyl (C=O) groups excluding carboxylic acids is 1. The average Bonchev–Trinajstić information content (AvgIpc) is 2.96. The van der Waals surface area contributed by atoms with Gasteiger partial charge < -0.3 is 10.6 Å². The summed E-state index contributed by atoms with van der Waals surface area (Å²) in [5, 5.41) is 10.3. The van der Waals surface area contributed by atoms with Gasteiger partial charge in [-0.15, -0.1) is 0 Å². The molecule has 3 aromatic heterocycles. The lowest BCUT2D eigenvalue weighted by Gasteiger charge is -2.08. The maximum atomic E-state index is 12.0. The molecule has 8 nitrogen and oxygen atoms in total. The van der Waals surface area contributed by atoms with Crippen LogP contribution in [0.15, 0.2) is 36.8 Å². The van der Waals surface area contributed by atoms with Gasteiger partial charge in [-0.05, 0) is 38.5 Å². The normalized spacial score (nSPS) is 10.6. The minimum Gasteiger partial charge on any atom is -0.368 e. The Kier molecular flexibility index (Phi) is 5.21. The van der Waals surface area contributed by atoms with E-state index in [-0.39, 0.29) is 5.91 Å². The van der Waals surface area contributed by atoms with Crippen LogP contribution in [0.2, 0.25) is 0 Å². The van der Waals surface area contributed by atoms with Gasteiger partial charge in [0, 0.05) is 24.9 Å². The first-order valence-corrected chi connectivity index (χ1v) is 8.33. The van der Waals surface area contributed by atoms with Crippen molar-refractivity contribution in [2.45, 2.75) is 27.2 Å². The summed E-state index contributed by atoms with van der Waals surface area (Å²) in [4.78, 5) is 24.8. The molecule has 1 amide bonds. The number of amides is 1. The molecule has 0 aromatic carbocycles. The third-order valence-electron chi connectivity index (χ3n) is 3.69. The zero-order valence-electron chi connectivity index (χ0n) is 15.0. The van der Waals surface area contributed by atoms with E-state index in [0.717, 1.165) is 17.0 Å². The van der Waals surface area contributed by atoms with Crippen molar-refractivity contribution >= 4 is 17.5 Å². The van der Waals surface area contributed by atoms with Crippen LogP contribution in [0.1, 0.15) is 23.4 Å². The number of hydrogen-bond acceptors (Lipinski definition) is 6. The molecule has 3 aromatic rings. The molecule has 3 heterocycles. The third kappa shape index (κ3) is 4.41. The lowest BCUT2D eigenvalue weighted by molar-refractivity contribution is -0.116. The van der Waals surface area contributed by atoms with Crippen molar-refractivity contribution in [1.82, 2.24) is 24.7 Å². The third-order valence-corrected chi connectivity index (χ3v) is 3.69. The molecule has 0 saturated carbocycles. The highest BCUT2D eigenvalue weighted by molar-refractivity contribution is 5.89. The lowest BCUT2D eigenvalue weighted by atomic mass is 10.3. The Hall–Kier alpha value is -3.29. The molecular weight excluding hydrogens is 330 g/mol. The number of carbonyl (C=O) groups is 1. The van der Waals surface area contributed by atoms with E-state index in [1.165, 1.54) is 0 Å². The number of aryl methyl sites for hydroxylation is 3. The van der Waals surface area contributed by atoms with Crippen LogP contribution in [0.3, 0.4) is 0 Å². The number of pyridine rings is 1. The summed E-state index contributed by atoms with van der Waals surface area (Å²) in [5.74, 6) is 1.66. The maximum Gasteiger partial charge on any atom is 0.227 e. The predicted molar refractivity (Wildman–Crippen MR) is 99.3 cm³/mol. The van der Waals surface area contributed by atoms with Crippen LogP contribution in [0.4, 0.5) is 11.6 Å². The zero-order valence-corrected chi connectivity index (χ0v) is 15.0. The van der Waals surface area contributed by atoms with Crippen LogP contribution in [0.5, 0.6) is 0 Å². The van der Waals surface area contributed by atoms with E-state index in [1.807, 2.05) is 32.9 Å². The molecule has 0 spiro atoms. The van der Waals surface area contributed by atoms with Gasteiger partial charge in [-0.3, -0.25) is 9.78 Å². The summed E-state index contributed by atoms with van der Waals surface area (Å²) >= 11 is 0. The van der Waals surface area contributed by atoms with Crippen molar-refractivity contribution in [3.8, 4) is 5.82 Å². The van der Waals surface area contributed by atoms with Crippen molar-refractivity contribution in [2.24, 2.45) is 0 Å². The van der Waals surface area contributed by atoms with Crippen LogP contribution in [-0.4, -0.2) is 37.2 Å². The van der Waals surface area contributed by atoms with E-state index in [2.05, 4.69) is 30.7 Å². The molecule has 0 aliphatic heterocycles. The molecule has 0 bridgehead atoms. The highest BCUT2D eigenvalue weighted by Gasteiger charge is 2.07. The van der Waals surface area contributed by atoms with Gasteiger partial charge in [-0.25, -0.2) is 14.6 Å². The van der Waals surface area contributed by atoms with Crippen LogP contribution >= 0.6 is 0 Å². The van der Waals surface area contributed by atoms with Gasteiger partial charge in [-0.2, -0.15) is 5.10 Å². The molecule has 0 unspecified atom stereocenters. The van der Waals surface area contributed by atoms with E-state index in [0.29, 0.717) is 30.4 Å². The van der Waals surface area contributed by atoms with Crippen molar-refractivity contribution in [3.63, 3.8) is 0 Å². The standard InChI is InChI=1S/C18H21N7O/c1-12-4-5-15(21-9-12)23-18(26)6-7-20-16-10-19-11-17(22-16)25-14(3)8-13(2)24-25/h4-5,8-11H,6-7H2,1-3H3,(H,20,22)(H,21,23,26). The SMILES string of the molecule is Cc1ccc(NC(=O)CCNc2cncc(-n3nc(C)cc3C)n2)nc1. The second kappa shape index (κ2) is 7.73. The Bertz CT molecular complexity index is 902. The number of aromatic nitrogens is 5. The molecule has 2 N–H and O–H groups in total. The quantitative estimate of drug-likeness (QED) is 0.708. The number of nitrogens with zero attached hydrogens (tertiary/aromatic N) is 5. The van der Waals surface area contributed by atoms with E-state index in [4.69, 9.17) is 0 Å². The summed E-state index contributed by atoms with van der Waals surface area (Å²) in [7, 11) is 0. The topological polar surface area (TPSA) is 97.6 Å². The first-order valence-electron chi connectivity index (χ1n) is 8.33. The van der Waals surface area contributed by atoms with Crippen LogP contribution in [0, 0.1) is 20.8 Å².